The average Bonchev–Trinajstić information content (AvgIpc) is 3.07. The number of carbonyl (C=O) groups excluding carboxylic acids is 2. The zero-order chi connectivity index (χ0) is 34.0. The number of halogens is 2. The quantitative estimate of drug-likeness (QED) is 0.139. The Hall–Kier alpha value is -3.86. The molecule has 248 valence electrons. The first-order chi connectivity index (χ1) is 22.5. The van der Waals surface area contributed by atoms with E-state index < -0.39 is 28.5 Å². The van der Waals surface area contributed by atoms with Gasteiger partial charge in [-0.2, -0.15) is 0 Å². The molecule has 0 spiro atoms. The van der Waals surface area contributed by atoms with Crippen LogP contribution in [0.4, 0.5) is 5.69 Å². The maximum absolute atomic E-state index is 14.6. The smallest absolute Gasteiger partial charge is 0.264 e. The normalized spacial score (nSPS) is 12.5. The number of hydrogen-bond donors (Lipinski definition) is 1. The number of sulfonamides is 1. The molecule has 0 fully saturated rings. The SMILES string of the molecule is CCOc1ccc(N(CC(=O)N(Cc2ccc(Cl)cc2)[C@@H](Cc2ccccc2)C(=O)N[C@H](C)CC)S(=O)(=O)c2ccc(Br)cc2)cc1. The van der Waals surface area contributed by atoms with Gasteiger partial charge in [-0.05, 0) is 92.1 Å². The Bertz CT molecular complexity index is 1720. The van der Waals surface area contributed by atoms with E-state index in [0.717, 1.165) is 15.4 Å². The van der Waals surface area contributed by atoms with E-state index >= 15 is 0 Å². The highest BCUT2D eigenvalue weighted by Gasteiger charge is 2.35. The van der Waals surface area contributed by atoms with Gasteiger partial charge in [-0.25, -0.2) is 8.42 Å². The van der Waals surface area contributed by atoms with Gasteiger partial charge in [-0.1, -0.05) is 76.9 Å². The third kappa shape index (κ3) is 9.82. The number of ether oxygens (including phenoxy) is 1. The number of anilines is 1. The molecule has 4 rings (SSSR count). The first kappa shape index (κ1) is 36.0. The van der Waals surface area contributed by atoms with Crippen LogP contribution in [0.1, 0.15) is 38.3 Å². The van der Waals surface area contributed by atoms with E-state index in [1.54, 1.807) is 60.7 Å². The molecule has 0 saturated heterocycles. The zero-order valence-electron chi connectivity index (χ0n) is 26.6. The summed E-state index contributed by atoms with van der Waals surface area (Å²) in [6, 6.07) is 28.2. The summed E-state index contributed by atoms with van der Waals surface area (Å²) in [5, 5.41) is 3.57. The van der Waals surface area contributed by atoms with Crippen LogP contribution in [-0.2, 0) is 32.6 Å². The standard InChI is InChI=1S/C36H39BrClN3O5S/c1-4-26(3)39-36(43)34(23-27-9-7-6-8-10-27)40(24-28-11-15-30(38)16-12-28)35(42)25-41(31-17-19-32(20-18-31)46-5-2)47(44,45)33-21-13-29(37)14-22-33/h6-22,26,34H,4-5,23-25H2,1-3H3,(H,39,43)/t26-,34+/m1/s1. The van der Waals surface area contributed by atoms with Crippen molar-refractivity contribution < 1.29 is 22.7 Å². The topological polar surface area (TPSA) is 96.0 Å². The molecule has 0 aliphatic carbocycles. The van der Waals surface area contributed by atoms with Crippen molar-refractivity contribution in [2.24, 2.45) is 0 Å². The third-order valence-electron chi connectivity index (χ3n) is 7.65. The summed E-state index contributed by atoms with van der Waals surface area (Å²) in [4.78, 5) is 30.0. The fourth-order valence-corrected chi connectivity index (χ4v) is 6.72. The van der Waals surface area contributed by atoms with Crippen LogP contribution >= 0.6 is 27.5 Å². The summed E-state index contributed by atoms with van der Waals surface area (Å²) in [5.74, 6) is -0.304. The monoisotopic (exact) mass is 739 g/mol. The van der Waals surface area contributed by atoms with Crippen LogP contribution < -0.4 is 14.4 Å². The van der Waals surface area contributed by atoms with Crippen molar-refractivity contribution in [3.63, 3.8) is 0 Å². The predicted molar refractivity (Wildman–Crippen MR) is 190 cm³/mol. The molecule has 0 heterocycles. The molecule has 2 atom stereocenters. The maximum atomic E-state index is 14.6. The van der Waals surface area contributed by atoms with Gasteiger partial charge in [0.25, 0.3) is 10.0 Å². The minimum Gasteiger partial charge on any atom is -0.494 e. The molecule has 0 aliphatic rings. The molecule has 0 bridgehead atoms. The Morgan fingerprint density at radius 2 is 1.51 bits per heavy atom. The predicted octanol–water partition coefficient (Wildman–Crippen LogP) is 7.25. The second kappa shape index (κ2) is 16.8. The van der Waals surface area contributed by atoms with E-state index in [4.69, 9.17) is 16.3 Å². The molecule has 8 nitrogen and oxygen atoms in total. The van der Waals surface area contributed by atoms with E-state index in [0.29, 0.717) is 28.3 Å². The van der Waals surface area contributed by atoms with Gasteiger partial charge < -0.3 is 15.0 Å². The maximum Gasteiger partial charge on any atom is 0.264 e. The minimum absolute atomic E-state index is 0.0157. The van der Waals surface area contributed by atoms with Crippen LogP contribution in [0.3, 0.4) is 0 Å². The lowest BCUT2D eigenvalue weighted by Gasteiger charge is -2.34. The van der Waals surface area contributed by atoms with Crippen molar-refractivity contribution >= 4 is 55.1 Å². The Kier molecular flexibility index (Phi) is 12.9. The van der Waals surface area contributed by atoms with Crippen LogP contribution in [0.2, 0.25) is 5.02 Å². The minimum atomic E-state index is -4.22. The van der Waals surface area contributed by atoms with Crippen LogP contribution in [0, 0.1) is 0 Å². The number of benzene rings is 4. The van der Waals surface area contributed by atoms with Gasteiger partial charge in [-0.15, -0.1) is 0 Å². The van der Waals surface area contributed by atoms with Crippen LogP contribution in [0.15, 0.2) is 112 Å². The fourth-order valence-electron chi connectivity index (χ4n) is 4.92. The highest BCUT2D eigenvalue weighted by atomic mass is 79.9. The molecular formula is C36H39BrClN3O5S. The lowest BCUT2D eigenvalue weighted by atomic mass is 10.0. The molecule has 11 heteroatoms. The van der Waals surface area contributed by atoms with Crippen molar-refractivity contribution in [2.75, 3.05) is 17.5 Å². The van der Waals surface area contributed by atoms with Crippen molar-refractivity contribution in [3.05, 3.63) is 124 Å². The first-order valence-electron chi connectivity index (χ1n) is 15.4. The highest BCUT2D eigenvalue weighted by molar-refractivity contribution is 9.10. The second-order valence-electron chi connectivity index (χ2n) is 11.1. The summed E-state index contributed by atoms with van der Waals surface area (Å²) in [6.45, 7) is 5.67. The Balaban J connectivity index is 1.80. The van der Waals surface area contributed by atoms with E-state index in [9.17, 15) is 18.0 Å². The molecule has 0 aromatic heterocycles. The molecule has 2 amide bonds. The van der Waals surface area contributed by atoms with Crippen molar-refractivity contribution in [1.29, 1.82) is 0 Å². The molecule has 0 unspecified atom stereocenters. The average molecular weight is 741 g/mol. The van der Waals surface area contributed by atoms with E-state index in [-0.39, 0.29) is 35.5 Å². The van der Waals surface area contributed by atoms with Gasteiger partial charge in [0.05, 0.1) is 17.2 Å². The van der Waals surface area contributed by atoms with Crippen molar-refractivity contribution in [2.45, 2.75) is 57.1 Å². The molecular weight excluding hydrogens is 702 g/mol. The van der Waals surface area contributed by atoms with Crippen molar-refractivity contribution in [3.8, 4) is 5.75 Å². The lowest BCUT2D eigenvalue weighted by molar-refractivity contribution is -0.140. The number of hydrogen-bond acceptors (Lipinski definition) is 5. The number of carbonyl (C=O) groups is 2. The summed E-state index contributed by atoms with van der Waals surface area (Å²) >= 11 is 9.52. The fraction of sp³-hybridized carbons (Fsp3) is 0.278. The Labute approximate surface area is 290 Å². The molecule has 0 radical (unpaired) electrons. The summed E-state index contributed by atoms with van der Waals surface area (Å²) in [7, 11) is -4.22. The Morgan fingerprint density at radius 3 is 2.11 bits per heavy atom. The van der Waals surface area contributed by atoms with E-state index in [1.807, 2.05) is 51.1 Å². The van der Waals surface area contributed by atoms with Crippen molar-refractivity contribution in [1.82, 2.24) is 10.2 Å². The van der Waals surface area contributed by atoms with E-state index in [2.05, 4.69) is 21.2 Å². The summed E-state index contributed by atoms with van der Waals surface area (Å²) in [6.07, 6.45) is 0.927. The number of nitrogens with zero attached hydrogens (tertiary/aromatic N) is 2. The second-order valence-corrected chi connectivity index (χ2v) is 14.3. The van der Waals surface area contributed by atoms with Crippen LogP contribution in [0.5, 0.6) is 5.75 Å². The van der Waals surface area contributed by atoms with Gasteiger partial charge in [0.15, 0.2) is 0 Å². The van der Waals surface area contributed by atoms with Crippen LogP contribution in [0.25, 0.3) is 0 Å². The van der Waals surface area contributed by atoms with Gasteiger partial charge in [0, 0.05) is 28.5 Å². The molecule has 0 aliphatic heterocycles. The molecule has 47 heavy (non-hydrogen) atoms. The molecule has 1 N–H and O–H groups in total. The molecule has 0 saturated carbocycles. The van der Waals surface area contributed by atoms with Crippen LogP contribution in [-0.4, -0.2) is 50.4 Å². The number of amides is 2. The van der Waals surface area contributed by atoms with E-state index in [1.165, 1.54) is 17.0 Å². The number of rotatable bonds is 15. The summed E-state index contributed by atoms with van der Waals surface area (Å²) < 4.78 is 35.8. The van der Waals surface area contributed by atoms with Gasteiger partial charge in [-0.3, -0.25) is 13.9 Å². The number of nitrogens with one attached hydrogen (secondary N) is 1. The lowest BCUT2D eigenvalue weighted by Crippen LogP contribution is -2.54. The third-order valence-corrected chi connectivity index (χ3v) is 10.2. The van der Waals surface area contributed by atoms with Gasteiger partial charge in [0.1, 0.15) is 18.3 Å². The Morgan fingerprint density at radius 1 is 0.872 bits per heavy atom. The summed E-state index contributed by atoms with van der Waals surface area (Å²) in [5.41, 5.74) is 1.87. The van der Waals surface area contributed by atoms with Gasteiger partial charge in [0.2, 0.25) is 11.8 Å². The largest absolute Gasteiger partial charge is 0.494 e. The van der Waals surface area contributed by atoms with Gasteiger partial charge >= 0.3 is 0 Å². The highest BCUT2D eigenvalue weighted by Crippen LogP contribution is 2.28. The molecule has 4 aromatic rings. The first-order valence-corrected chi connectivity index (χ1v) is 18.0. The zero-order valence-corrected chi connectivity index (χ0v) is 29.8. The molecule has 4 aromatic carbocycles.